The first-order valence-corrected chi connectivity index (χ1v) is 6.41. The normalized spacial score (nSPS) is 33.8. The number of hydrogen-bond donors (Lipinski definition) is 0. The Hall–Kier alpha value is -0.0951. The van der Waals surface area contributed by atoms with Crippen LogP contribution in [0.15, 0.2) is 0 Å². The van der Waals surface area contributed by atoms with Gasteiger partial charge in [0.05, 0.1) is 24.8 Å². The summed E-state index contributed by atoms with van der Waals surface area (Å²) in [6.07, 6.45) is 0.259. The van der Waals surface area contributed by atoms with Gasteiger partial charge in [0, 0.05) is 7.11 Å². The Morgan fingerprint density at radius 3 is 2.24 bits per heavy atom. The molecule has 0 N–H and O–H groups in total. The van der Waals surface area contributed by atoms with Gasteiger partial charge >= 0.3 is 0 Å². The summed E-state index contributed by atoms with van der Waals surface area (Å²) in [4.78, 5) is 0. The molecule has 0 aromatic rings. The van der Waals surface area contributed by atoms with Crippen LogP contribution in [0.2, 0.25) is 0 Å². The van der Waals surface area contributed by atoms with Gasteiger partial charge in [-0.1, -0.05) is 0 Å². The summed E-state index contributed by atoms with van der Waals surface area (Å²) < 4.78 is 22.8. The van der Waals surface area contributed by atoms with Gasteiger partial charge in [0.15, 0.2) is 0 Å². The van der Waals surface area contributed by atoms with Crippen LogP contribution in [-0.2, 0) is 18.9 Å². The van der Waals surface area contributed by atoms with E-state index in [0.29, 0.717) is 6.61 Å². The lowest BCUT2D eigenvalue weighted by Gasteiger charge is -2.25. The number of methoxy groups -OCH3 is 1. The second-order valence-corrected chi connectivity index (χ2v) is 5.11. The molecule has 100 valence electrons. The molecule has 0 spiro atoms. The van der Waals surface area contributed by atoms with Gasteiger partial charge in [-0.2, -0.15) is 0 Å². The molecular weight excluding hydrogens is 219 g/mol. The van der Waals surface area contributed by atoms with Crippen molar-refractivity contribution in [1.29, 1.82) is 0 Å². The minimum absolute atomic E-state index is 0.0156. The molecule has 4 nitrogen and oxygen atoms in total. The zero-order chi connectivity index (χ0) is 13.0. The second-order valence-electron chi connectivity index (χ2n) is 5.11. The van der Waals surface area contributed by atoms with Gasteiger partial charge in [0.2, 0.25) is 0 Å². The van der Waals surface area contributed by atoms with Crippen LogP contribution in [0.4, 0.5) is 0 Å². The van der Waals surface area contributed by atoms with Crippen LogP contribution in [0.3, 0.4) is 0 Å². The van der Waals surface area contributed by atoms with Gasteiger partial charge in [-0.15, -0.1) is 0 Å². The second kappa shape index (κ2) is 6.73. The van der Waals surface area contributed by atoms with Crippen molar-refractivity contribution >= 4 is 7.85 Å². The van der Waals surface area contributed by atoms with Crippen molar-refractivity contribution in [2.45, 2.75) is 64.2 Å². The third-order valence-corrected chi connectivity index (χ3v) is 2.84. The highest BCUT2D eigenvalue weighted by Crippen LogP contribution is 2.26. The van der Waals surface area contributed by atoms with Crippen molar-refractivity contribution in [2.24, 2.45) is 0 Å². The Kier molecular flexibility index (Phi) is 5.93. The van der Waals surface area contributed by atoms with Gasteiger partial charge in [-0.25, -0.2) is 0 Å². The zero-order valence-electron chi connectivity index (χ0n) is 11.8. The first-order chi connectivity index (χ1) is 7.95. The fourth-order valence-corrected chi connectivity index (χ4v) is 2.14. The molecule has 1 aliphatic heterocycles. The molecule has 1 saturated heterocycles. The highest BCUT2D eigenvalue weighted by molar-refractivity contribution is 6.11. The topological polar surface area (TPSA) is 36.9 Å². The van der Waals surface area contributed by atoms with E-state index in [1.165, 1.54) is 0 Å². The molecule has 0 saturated carbocycles. The standard InChI is InChI=1S/C12H25BO4/c1-7(2)15-6-9-10(16-8(3)4)11(14-5)12(13)17-9/h7-12H,6,13H2,1-5H3. The Bertz CT molecular complexity index is 223. The fraction of sp³-hybridized carbons (Fsp3) is 1.00. The van der Waals surface area contributed by atoms with E-state index < -0.39 is 0 Å². The van der Waals surface area contributed by atoms with Crippen molar-refractivity contribution in [1.82, 2.24) is 0 Å². The molecular formula is C12H25BO4. The van der Waals surface area contributed by atoms with Crippen LogP contribution in [0, 0.1) is 0 Å². The summed E-state index contributed by atoms with van der Waals surface area (Å²) in [6, 6.07) is 0.0458. The molecule has 4 atom stereocenters. The van der Waals surface area contributed by atoms with Crippen LogP contribution in [-0.4, -0.2) is 58.1 Å². The number of hydrogen-bond acceptors (Lipinski definition) is 4. The molecule has 1 fully saturated rings. The zero-order valence-corrected chi connectivity index (χ0v) is 11.8. The highest BCUT2D eigenvalue weighted by Gasteiger charge is 2.43. The van der Waals surface area contributed by atoms with Crippen LogP contribution < -0.4 is 0 Å². The largest absolute Gasteiger partial charge is 0.377 e. The van der Waals surface area contributed by atoms with Gasteiger partial charge in [-0.05, 0) is 27.7 Å². The molecule has 4 unspecified atom stereocenters. The van der Waals surface area contributed by atoms with E-state index >= 15 is 0 Å². The average molecular weight is 244 g/mol. The molecule has 0 aromatic carbocycles. The molecule has 0 amide bonds. The molecule has 0 aromatic heterocycles. The van der Waals surface area contributed by atoms with Gasteiger partial charge in [-0.3, -0.25) is 0 Å². The van der Waals surface area contributed by atoms with E-state index in [1.54, 1.807) is 7.11 Å². The van der Waals surface area contributed by atoms with Crippen molar-refractivity contribution in [3.63, 3.8) is 0 Å². The summed E-state index contributed by atoms with van der Waals surface area (Å²) in [7, 11) is 3.72. The molecule has 0 bridgehead atoms. The van der Waals surface area contributed by atoms with E-state index in [4.69, 9.17) is 18.9 Å². The number of ether oxygens (including phenoxy) is 4. The third kappa shape index (κ3) is 4.25. The Labute approximate surface area is 105 Å². The summed E-state index contributed by atoms with van der Waals surface area (Å²) >= 11 is 0. The van der Waals surface area contributed by atoms with Crippen molar-refractivity contribution < 1.29 is 18.9 Å². The predicted octanol–water partition coefficient (Wildman–Crippen LogP) is 0.578. The maximum absolute atomic E-state index is 5.90. The molecule has 1 heterocycles. The SMILES string of the molecule is BC1OC(COC(C)C)C(OC(C)C)C1OC. The predicted molar refractivity (Wildman–Crippen MR) is 69.1 cm³/mol. The van der Waals surface area contributed by atoms with Crippen molar-refractivity contribution in [2.75, 3.05) is 13.7 Å². The Morgan fingerprint density at radius 2 is 1.76 bits per heavy atom. The summed E-state index contributed by atoms with van der Waals surface area (Å²) in [5.74, 6) is 0. The molecule has 1 rings (SSSR count). The smallest absolute Gasteiger partial charge is 0.142 e. The van der Waals surface area contributed by atoms with E-state index in [0.717, 1.165) is 0 Å². The average Bonchev–Trinajstić information content (AvgIpc) is 2.51. The molecule has 1 aliphatic rings. The Morgan fingerprint density at radius 1 is 1.12 bits per heavy atom. The van der Waals surface area contributed by atoms with Crippen molar-refractivity contribution in [3.8, 4) is 0 Å². The molecule has 0 radical (unpaired) electrons. The lowest BCUT2D eigenvalue weighted by molar-refractivity contribution is -0.0977. The quantitative estimate of drug-likeness (QED) is 0.640. The maximum atomic E-state index is 5.90. The molecule has 0 aliphatic carbocycles. The molecule has 17 heavy (non-hydrogen) atoms. The first-order valence-electron chi connectivity index (χ1n) is 6.41. The molecule has 5 heteroatoms. The third-order valence-electron chi connectivity index (χ3n) is 2.84. The fourth-order valence-electron chi connectivity index (χ4n) is 2.14. The maximum Gasteiger partial charge on any atom is 0.142 e. The van der Waals surface area contributed by atoms with Crippen LogP contribution in [0.25, 0.3) is 0 Å². The Balaban J connectivity index is 2.60. The van der Waals surface area contributed by atoms with Crippen LogP contribution >= 0.6 is 0 Å². The van der Waals surface area contributed by atoms with Gasteiger partial charge < -0.3 is 18.9 Å². The van der Waals surface area contributed by atoms with E-state index in [2.05, 4.69) is 0 Å². The minimum atomic E-state index is -0.0475. The summed E-state index contributed by atoms with van der Waals surface area (Å²) in [5.41, 5.74) is 0. The van der Waals surface area contributed by atoms with E-state index in [-0.39, 0.29) is 36.5 Å². The van der Waals surface area contributed by atoms with Gasteiger partial charge in [0.25, 0.3) is 0 Å². The van der Waals surface area contributed by atoms with E-state index in [9.17, 15) is 0 Å². The lowest BCUT2D eigenvalue weighted by atomic mass is 9.92. The first kappa shape index (κ1) is 15.0. The highest BCUT2D eigenvalue weighted by atomic mass is 16.6. The van der Waals surface area contributed by atoms with E-state index in [1.807, 2.05) is 35.5 Å². The summed E-state index contributed by atoms with van der Waals surface area (Å²) in [6.45, 7) is 8.64. The van der Waals surface area contributed by atoms with Gasteiger partial charge in [0.1, 0.15) is 26.2 Å². The monoisotopic (exact) mass is 244 g/mol. The van der Waals surface area contributed by atoms with Crippen LogP contribution in [0.1, 0.15) is 27.7 Å². The lowest BCUT2D eigenvalue weighted by Crippen LogP contribution is -2.40. The van der Waals surface area contributed by atoms with Crippen LogP contribution in [0.5, 0.6) is 0 Å². The summed E-state index contributed by atoms with van der Waals surface area (Å²) in [5, 5.41) is 0. The van der Waals surface area contributed by atoms with Crippen molar-refractivity contribution in [3.05, 3.63) is 0 Å². The number of rotatable bonds is 6. The minimum Gasteiger partial charge on any atom is -0.377 e.